The Labute approximate surface area is 209 Å². The van der Waals surface area contributed by atoms with Gasteiger partial charge in [0.05, 0.1) is 16.6 Å². The molecule has 4 aromatic carbocycles. The second-order valence-corrected chi connectivity index (χ2v) is 9.06. The number of nitrogens with zero attached hydrogens (tertiary/aromatic N) is 2. The first-order valence-electron chi connectivity index (χ1n) is 11.7. The molecule has 0 fully saturated rings. The highest BCUT2D eigenvalue weighted by Gasteiger charge is 2.14. The number of rotatable bonds is 7. The van der Waals surface area contributed by atoms with E-state index in [1.807, 2.05) is 42.5 Å². The third kappa shape index (κ3) is 4.71. The van der Waals surface area contributed by atoms with Gasteiger partial charge in [0.15, 0.2) is 0 Å². The van der Waals surface area contributed by atoms with Crippen molar-refractivity contribution in [2.24, 2.45) is 0 Å². The molecule has 0 unspecified atom stereocenters. The molecule has 0 bridgehead atoms. The number of halogens is 1. The maximum Gasteiger partial charge on any atom is 0.336 e. The summed E-state index contributed by atoms with van der Waals surface area (Å²) in [6.07, 6.45) is 1.90. The highest BCUT2D eigenvalue weighted by molar-refractivity contribution is 6.30. The fourth-order valence-electron chi connectivity index (χ4n) is 4.50. The standard InChI is InChI=1S/C30H25ClN2O2/c1-2-6-29-32-27-16-15-23(22-7-5-8-24(31)17-22)18-28(27)33(29)19-20-11-13-21(14-12-20)25-9-3-4-10-26(25)30(34)35/h3-5,7-18H,2,6,19H2,1H3,(H,34,35). The van der Waals surface area contributed by atoms with Gasteiger partial charge in [-0.25, -0.2) is 9.78 Å². The number of aromatic carboxylic acids is 1. The van der Waals surface area contributed by atoms with E-state index in [-0.39, 0.29) is 0 Å². The van der Waals surface area contributed by atoms with Crippen LogP contribution < -0.4 is 0 Å². The van der Waals surface area contributed by atoms with Crippen molar-refractivity contribution in [3.05, 3.63) is 113 Å². The van der Waals surface area contributed by atoms with Crippen molar-refractivity contribution in [3.63, 3.8) is 0 Å². The monoisotopic (exact) mass is 480 g/mol. The van der Waals surface area contributed by atoms with Crippen LogP contribution >= 0.6 is 11.6 Å². The average molecular weight is 481 g/mol. The summed E-state index contributed by atoms with van der Waals surface area (Å²) in [5.74, 6) is 0.139. The number of hydrogen-bond acceptors (Lipinski definition) is 2. The van der Waals surface area contributed by atoms with Crippen LogP contribution in [-0.2, 0) is 13.0 Å². The number of imidazole rings is 1. The molecule has 0 spiro atoms. The predicted molar refractivity (Wildman–Crippen MR) is 142 cm³/mol. The first-order chi connectivity index (χ1) is 17.0. The molecule has 0 aliphatic carbocycles. The van der Waals surface area contributed by atoms with Crippen LogP contribution in [-0.4, -0.2) is 20.6 Å². The minimum atomic E-state index is -0.922. The molecule has 4 nitrogen and oxygen atoms in total. The Morgan fingerprint density at radius 3 is 2.37 bits per heavy atom. The number of benzene rings is 4. The minimum Gasteiger partial charge on any atom is -0.478 e. The van der Waals surface area contributed by atoms with E-state index in [4.69, 9.17) is 16.6 Å². The van der Waals surface area contributed by atoms with Gasteiger partial charge in [0.2, 0.25) is 0 Å². The maximum atomic E-state index is 11.6. The van der Waals surface area contributed by atoms with E-state index in [0.29, 0.717) is 17.1 Å². The number of aryl methyl sites for hydroxylation is 1. The molecular formula is C30H25ClN2O2. The molecule has 0 radical (unpaired) electrons. The second kappa shape index (κ2) is 9.77. The van der Waals surface area contributed by atoms with E-state index in [9.17, 15) is 9.90 Å². The van der Waals surface area contributed by atoms with E-state index < -0.39 is 5.97 Å². The normalized spacial score (nSPS) is 11.1. The Hall–Kier alpha value is -3.89. The van der Waals surface area contributed by atoms with Gasteiger partial charge in [-0.2, -0.15) is 0 Å². The lowest BCUT2D eigenvalue weighted by atomic mass is 9.98. The lowest BCUT2D eigenvalue weighted by Crippen LogP contribution is -2.05. The zero-order valence-corrected chi connectivity index (χ0v) is 20.2. The molecule has 5 heteroatoms. The van der Waals surface area contributed by atoms with E-state index in [2.05, 4.69) is 47.9 Å². The summed E-state index contributed by atoms with van der Waals surface area (Å²) >= 11 is 6.23. The van der Waals surface area contributed by atoms with Gasteiger partial charge >= 0.3 is 5.97 Å². The zero-order valence-electron chi connectivity index (χ0n) is 19.4. The summed E-state index contributed by atoms with van der Waals surface area (Å²) in [4.78, 5) is 16.5. The van der Waals surface area contributed by atoms with Crippen LogP contribution in [0.1, 0.15) is 35.1 Å². The Bertz CT molecular complexity index is 1520. The molecule has 1 aromatic heterocycles. The summed E-state index contributed by atoms with van der Waals surface area (Å²) < 4.78 is 2.28. The summed E-state index contributed by atoms with van der Waals surface area (Å²) in [7, 11) is 0. The molecule has 1 N–H and O–H groups in total. The molecule has 0 saturated carbocycles. The first kappa shape index (κ1) is 22.9. The fourth-order valence-corrected chi connectivity index (χ4v) is 4.70. The molecule has 35 heavy (non-hydrogen) atoms. The van der Waals surface area contributed by atoms with E-state index in [1.54, 1.807) is 12.1 Å². The predicted octanol–water partition coefficient (Wildman–Crippen LogP) is 7.72. The van der Waals surface area contributed by atoms with Crippen molar-refractivity contribution in [3.8, 4) is 22.3 Å². The van der Waals surface area contributed by atoms with Crippen molar-refractivity contribution < 1.29 is 9.90 Å². The Morgan fingerprint density at radius 1 is 0.886 bits per heavy atom. The Kier molecular flexibility index (Phi) is 6.39. The lowest BCUT2D eigenvalue weighted by Gasteiger charge is -2.12. The van der Waals surface area contributed by atoms with Gasteiger partial charge < -0.3 is 9.67 Å². The van der Waals surface area contributed by atoms with Crippen molar-refractivity contribution in [2.75, 3.05) is 0 Å². The van der Waals surface area contributed by atoms with Crippen LogP contribution in [0.2, 0.25) is 5.02 Å². The highest BCUT2D eigenvalue weighted by atomic mass is 35.5. The van der Waals surface area contributed by atoms with Gasteiger partial charge in [-0.15, -0.1) is 0 Å². The third-order valence-electron chi connectivity index (χ3n) is 6.22. The molecule has 0 aliphatic rings. The molecule has 0 aliphatic heterocycles. The van der Waals surface area contributed by atoms with Gasteiger partial charge in [0.1, 0.15) is 5.82 Å². The number of carboxylic acid groups (broad SMARTS) is 1. The first-order valence-corrected chi connectivity index (χ1v) is 12.1. The molecule has 5 aromatic rings. The van der Waals surface area contributed by atoms with Gasteiger partial charge in [-0.1, -0.05) is 79.2 Å². The van der Waals surface area contributed by atoms with Crippen molar-refractivity contribution >= 4 is 28.6 Å². The highest BCUT2D eigenvalue weighted by Crippen LogP contribution is 2.29. The van der Waals surface area contributed by atoms with E-state index in [1.165, 1.54) is 0 Å². The van der Waals surface area contributed by atoms with Gasteiger partial charge in [-0.05, 0) is 64.6 Å². The number of hydrogen-bond donors (Lipinski definition) is 1. The summed E-state index contributed by atoms with van der Waals surface area (Å²) in [6, 6.07) is 29.5. The minimum absolute atomic E-state index is 0.305. The van der Waals surface area contributed by atoms with Crippen LogP contribution in [0.4, 0.5) is 0 Å². The molecule has 0 saturated heterocycles. The third-order valence-corrected chi connectivity index (χ3v) is 6.46. The number of fused-ring (bicyclic) bond motifs is 1. The Morgan fingerprint density at radius 2 is 1.63 bits per heavy atom. The Balaban J connectivity index is 1.52. The van der Waals surface area contributed by atoms with Crippen molar-refractivity contribution in [1.82, 2.24) is 9.55 Å². The fraction of sp³-hybridized carbons (Fsp3) is 0.133. The number of carbonyl (C=O) groups is 1. The summed E-state index contributed by atoms with van der Waals surface area (Å²) in [5.41, 5.74) is 7.29. The van der Waals surface area contributed by atoms with Gasteiger partial charge in [0.25, 0.3) is 0 Å². The van der Waals surface area contributed by atoms with E-state index >= 15 is 0 Å². The maximum absolute atomic E-state index is 11.6. The van der Waals surface area contributed by atoms with Crippen LogP contribution in [0.15, 0.2) is 91.0 Å². The largest absolute Gasteiger partial charge is 0.478 e. The SMILES string of the molecule is CCCc1nc2ccc(-c3cccc(Cl)c3)cc2n1Cc1ccc(-c2ccccc2C(=O)O)cc1. The topological polar surface area (TPSA) is 55.1 Å². The van der Waals surface area contributed by atoms with Crippen LogP contribution in [0, 0.1) is 0 Å². The smallest absolute Gasteiger partial charge is 0.336 e. The summed E-state index contributed by atoms with van der Waals surface area (Å²) in [5, 5.41) is 10.3. The molecule has 174 valence electrons. The molecule has 1 heterocycles. The number of carboxylic acids is 1. The molecule has 5 rings (SSSR count). The van der Waals surface area contributed by atoms with Crippen molar-refractivity contribution in [1.29, 1.82) is 0 Å². The summed E-state index contributed by atoms with van der Waals surface area (Å²) in [6.45, 7) is 2.85. The van der Waals surface area contributed by atoms with Gasteiger partial charge in [0, 0.05) is 18.0 Å². The molecular weight excluding hydrogens is 456 g/mol. The van der Waals surface area contributed by atoms with Crippen LogP contribution in [0.3, 0.4) is 0 Å². The second-order valence-electron chi connectivity index (χ2n) is 8.63. The molecule has 0 atom stereocenters. The zero-order chi connectivity index (χ0) is 24.4. The van der Waals surface area contributed by atoms with Gasteiger partial charge in [-0.3, -0.25) is 0 Å². The lowest BCUT2D eigenvalue weighted by molar-refractivity contribution is 0.0697. The van der Waals surface area contributed by atoms with Crippen LogP contribution in [0.5, 0.6) is 0 Å². The number of aromatic nitrogens is 2. The van der Waals surface area contributed by atoms with Crippen molar-refractivity contribution in [2.45, 2.75) is 26.3 Å². The molecule has 0 amide bonds. The van der Waals surface area contributed by atoms with Crippen LogP contribution in [0.25, 0.3) is 33.3 Å². The average Bonchev–Trinajstić information content (AvgIpc) is 3.21. The van der Waals surface area contributed by atoms with E-state index in [0.717, 1.165) is 57.5 Å². The quantitative estimate of drug-likeness (QED) is 0.259.